The molecule has 16 heavy (non-hydrogen) atoms. The van der Waals surface area contributed by atoms with Crippen LogP contribution in [0.25, 0.3) is 11.3 Å². The molecule has 1 aromatic heterocycles. The molecule has 0 spiro atoms. The second-order valence-electron chi connectivity index (χ2n) is 3.73. The number of nitrogens with zero attached hydrogens (tertiary/aromatic N) is 1. The number of methoxy groups -OCH3 is 1. The molecule has 1 heterocycles. The average molecular weight is 281 g/mol. The summed E-state index contributed by atoms with van der Waals surface area (Å²) in [4.78, 5) is 7.27. The van der Waals surface area contributed by atoms with Gasteiger partial charge < -0.3 is 9.72 Å². The molecule has 0 saturated carbocycles. The number of nitrogens with one attached hydrogen (secondary N) is 1. The van der Waals surface area contributed by atoms with Crippen LogP contribution in [0, 0.1) is 13.8 Å². The van der Waals surface area contributed by atoms with Crippen molar-refractivity contribution in [1.29, 1.82) is 0 Å². The van der Waals surface area contributed by atoms with Crippen LogP contribution >= 0.6 is 15.9 Å². The number of aryl methyl sites for hydroxylation is 2. The van der Waals surface area contributed by atoms with Gasteiger partial charge in [-0.1, -0.05) is 0 Å². The number of hydrogen-bond donors (Lipinski definition) is 1. The minimum Gasteiger partial charge on any atom is -0.496 e. The minimum absolute atomic E-state index is 0.744. The van der Waals surface area contributed by atoms with Crippen LogP contribution in [-0.2, 0) is 0 Å². The van der Waals surface area contributed by atoms with E-state index >= 15 is 0 Å². The SMILES string of the molecule is COc1c(C)cc(-c2cnc(Br)[nH]2)cc1C. The zero-order valence-corrected chi connectivity index (χ0v) is 11.1. The van der Waals surface area contributed by atoms with Gasteiger partial charge in [-0.25, -0.2) is 4.98 Å². The molecular weight excluding hydrogens is 268 g/mol. The van der Waals surface area contributed by atoms with Crippen molar-refractivity contribution in [3.8, 4) is 17.0 Å². The van der Waals surface area contributed by atoms with Gasteiger partial charge in [0.1, 0.15) is 5.75 Å². The highest BCUT2D eigenvalue weighted by Crippen LogP contribution is 2.29. The molecular formula is C12H13BrN2O. The number of rotatable bonds is 2. The molecule has 0 fully saturated rings. The molecule has 0 saturated heterocycles. The fourth-order valence-electron chi connectivity index (χ4n) is 1.87. The van der Waals surface area contributed by atoms with Gasteiger partial charge in [-0.3, -0.25) is 0 Å². The van der Waals surface area contributed by atoms with Crippen molar-refractivity contribution in [3.63, 3.8) is 0 Å². The number of aromatic amines is 1. The fourth-order valence-corrected chi connectivity index (χ4v) is 2.19. The largest absolute Gasteiger partial charge is 0.496 e. The van der Waals surface area contributed by atoms with E-state index in [0.29, 0.717) is 0 Å². The van der Waals surface area contributed by atoms with Crippen molar-refractivity contribution < 1.29 is 4.74 Å². The molecule has 0 atom stereocenters. The Hall–Kier alpha value is -1.29. The van der Waals surface area contributed by atoms with Crippen LogP contribution < -0.4 is 4.74 Å². The summed E-state index contributed by atoms with van der Waals surface area (Å²) in [5, 5.41) is 0. The Morgan fingerprint density at radius 2 is 1.88 bits per heavy atom. The maximum Gasteiger partial charge on any atom is 0.174 e. The molecule has 1 aromatic carbocycles. The summed E-state index contributed by atoms with van der Waals surface area (Å²) in [5.41, 5.74) is 4.38. The third-order valence-corrected chi connectivity index (χ3v) is 2.92. The second-order valence-corrected chi connectivity index (χ2v) is 4.48. The van der Waals surface area contributed by atoms with Crippen LogP contribution in [0.2, 0.25) is 0 Å². The van der Waals surface area contributed by atoms with Crippen molar-refractivity contribution in [1.82, 2.24) is 9.97 Å². The van der Waals surface area contributed by atoms with E-state index in [-0.39, 0.29) is 0 Å². The molecule has 3 nitrogen and oxygen atoms in total. The van der Waals surface area contributed by atoms with Gasteiger partial charge in [-0.05, 0) is 53.0 Å². The highest BCUT2D eigenvalue weighted by molar-refractivity contribution is 9.10. The van der Waals surface area contributed by atoms with Crippen molar-refractivity contribution >= 4 is 15.9 Å². The lowest BCUT2D eigenvalue weighted by molar-refractivity contribution is 0.408. The van der Waals surface area contributed by atoms with Crippen LogP contribution in [0.1, 0.15) is 11.1 Å². The third kappa shape index (κ3) is 1.97. The zero-order chi connectivity index (χ0) is 11.7. The Bertz CT molecular complexity index is 496. The second kappa shape index (κ2) is 4.29. The number of hydrogen-bond acceptors (Lipinski definition) is 2. The van der Waals surface area contributed by atoms with Gasteiger partial charge in [0, 0.05) is 5.56 Å². The lowest BCUT2D eigenvalue weighted by Crippen LogP contribution is -1.92. The van der Waals surface area contributed by atoms with E-state index < -0.39 is 0 Å². The van der Waals surface area contributed by atoms with Gasteiger partial charge in [0.15, 0.2) is 4.73 Å². The number of ether oxygens (including phenoxy) is 1. The Morgan fingerprint density at radius 1 is 1.25 bits per heavy atom. The smallest absolute Gasteiger partial charge is 0.174 e. The zero-order valence-electron chi connectivity index (χ0n) is 9.47. The quantitative estimate of drug-likeness (QED) is 0.915. The number of halogens is 1. The average Bonchev–Trinajstić information content (AvgIpc) is 2.64. The minimum atomic E-state index is 0.744. The molecule has 84 valence electrons. The monoisotopic (exact) mass is 280 g/mol. The van der Waals surface area contributed by atoms with Gasteiger partial charge in [0.2, 0.25) is 0 Å². The number of H-pyrrole nitrogens is 1. The molecule has 0 amide bonds. The van der Waals surface area contributed by atoms with E-state index in [0.717, 1.165) is 32.9 Å². The highest BCUT2D eigenvalue weighted by atomic mass is 79.9. The molecule has 4 heteroatoms. The standard InChI is InChI=1S/C12H13BrN2O/c1-7-4-9(5-8(2)11(7)16-3)10-6-14-12(13)15-10/h4-6H,1-3H3,(H,14,15). The normalized spacial score (nSPS) is 10.5. The Morgan fingerprint density at radius 3 is 2.31 bits per heavy atom. The van der Waals surface area contributed by atoms with Gasteiger partial charge in [0.25, 0.3) is 0 Å². The molecule has 2 aromatic rings. The van der Waals surface area contributed by atoms with Crippen LogP contribution in [0.3, 0.4) is 0 Å². The predicted octanol–water partition coefficient (Wildman–Crippen LogP) is 3.46. The van der Waals surface area contributed by atoms with Crippen LogP contribution in [-0.4, -0.2) is 17.1 Å². The van der Waals surface area contributed by atoms with E-state index in [1.165, 1.54) is 0 Å². The number of imidazole rings is 1. The first kappa shape index (κ1) is 11.2. The molecule has 0 unspecified atom stereocenters. The summed E-state index contributed by atoms with van der Waals surface area (Å²) in [6.07, 6.45) is 1.81. The summed E-state index contributed by atoms with van der Waals surface area (Å²) >= 11 is 3.30. The summed E-state index contributed by atoms with van der Waals surface area (Å²) in [6, 6.07) is 4.18. The summed E-state index contributed by atoms with van der Waals surface area (Å²) in [6.45, 7) is 4.08. The van der Waals surface area contributed by atoms with E-state index in [4.69, 9.17) is 4.74 Å². The van der Waals surface area contributed by atoms with Crippen LogP contribution in [0.4, 0.5) is 0 Å². The molecule has 0 bridgehead atoms. The Balaban J connectivity index is 2.52. The number of aromatic nitrogens is 2. The molecule has 0 aliphatic carbocycles. The summed E-state index contributed by atoms with van der Waals surface area (Å²) in [7, 11) is 1.70. The van der Waals surface area contributed by atoms with Crippen LogP contribution in [0.15, 0.2) is 23.1 Å². The fraction of sp³-hybridized carbons (Fsp3) is 0.250. The highest BCUT2D eigenvalue weighted by Gasteiger charge is 2.08. The van der Waals surface area contributed by atoms with E-state index in [1.807, 2.05) is 20.0 Å². The first-order valence-corrected chi connectivity index (χ1v) is 5.77. The van der Waals surface area contributed by atoms with Crippen molar-refractivity contribution in [2.24, 2.45) is 0 Å². The summed E-state index contributed by atoms with van der Waals surface area (Å²) in [5.74, 6) is 0.947. The predicted molar refractivity (Wildman–Crippen MR) is 67.7 cm³/mol. The lowest BCUT2D eigenvalue weighted by atomic mass is 10.0. The molecule has 1 N–H and O–H groups in total. The van der Waals surface area contributed by atoms with Gasteiger partial charge in [0.05, 0.1) is 19.0 Å². The molecule has 0 aliphatic rings. The summed E-state index contributed by atoms with van der Waals surface area (Å²) < 4.78 is 6.08. The third-order valence-electron chi connectivity index (χ3n) is 2.52. The lowest BCUT2D eigenvalue weighted by Gasteiger charge is -2.10. The molecule has 0 aliphatic heterocycles. The Labute approximate surface area is 103 Å². The van der Waals surface area contributed by atoms with Crippen molar-refractivity contribution in [3.05, 3.63) is 34.2 Å². The first-order chi connectivity index (χ1) is 7.61. The van der Waals surface area contributed by atoms with E-state index in [1.54, 1.807) is 7.11 Å². The van der Waals surface area contributed by atoms with E-state index in [2.05, 4.69) is 38.0 Å². The molecule has 2 rings (SSSR count). The van der Waals surface area contributed by atoms with Gasteiger partial charge in [-0.2, -0.15) is 0 Å². The van der Waals surface area contributed by atoms with Crippen molar-refractivity contribution in [2.75, 3.05) is 7.11 Å². The van der Waals surface area contributed by atoms with Crippen LogP contribution in [0.5, 0.6) is 5.75 Å². The maximum atomic E-state index is 5.34. The topological polar surface area (TPSA) is 37.9 Å². The Kier molecular flexibility index (Phi) is 3.01. The van der Waals surface area contributed by atoms with Crippen molar-refractivity contribution in [2.45, 2.75) is 13.8 Å². The molecule has 0 radical (unpaired) electrons. The van der Waals surface area contributed by atoms with E-state index in [9.17, 15) is 0 Å². The van der Waals surface area contributed by atoms with Gasteiger partial charge in [-0.15, -0.1) is 0 Å². The van der Waals surface area contributed by atoms with Gasteiger partial charge >= 0.3 is 0 Å². The first-order valence-electron chi connectivity index (χ1n) is 4.98. The number of benzene rings is 1. The maximum absolute atomic E-state index is 5.34.